The number of benzene rings is 2. The molecular formula is C23H23N3O6S. The number of non-ortho nitro benzene ring substituents is 1. The molecule has 0 aliphatic carbocycles. The van der Waals surface area contributed by atoms with E-state index in [1.807, 2.05) is 44.2 Å². The number of fused-ring (bicyclic) bond motifs is 1. The van der Waals surface area contributed by atoms with Crippen molar-refractivity contribution in [2.45, 2.75) is 37.9 Å². The van der Waals surface area contributed by atoms with Crippen molar-refractivity contribution >= 4 is 34.4 Å². The van der Waals surface area contributed by atoms with Crippen molar-refractivity contribution < 1.29 is 24.0 Å². The fourth-order valence-electron chi connectivity index (χ4n) is 3.72. The number of rotatable bonds is 9. The Morgan fingerprint density at radius 1 is 1.15 bits per heavy atom. The summed E-state index contributed by atoms with van der Waals surface area (Å²) in [6, 6.07) is 13.9. The first-order valence-corrected chi connectivity index (χ1v) is 11.4. The van der Waals surface area contributed by atoms with Crippen LogP contribution in [0.4, 0.5) is 5.69 Å². The molecule has 33 heavy (non-hydrogen) atoms. The Hall–Kier alpha value is -3.40. The van der Waals surface area contributed by atoms with Gasteiger partial charge in [-0.1, -0.05) is 43.8 Å². The normalized spacial score (nSPS) is 20.0. The predicted molar refractivity (Wildman–Crippen MR) is 123 cm³/mol. The molecule has 1 amide bonds. The number of hydrogen-bond donors (Lipinski definition) is 0. The Balaban J connectivity index is 1.35. The van der Waals surface area contributed by atoms with Gasteiger partial charge in [-0.05, 0) is 35.7 Å². The summed E-state index contributed by atoms with van der Waals surface area (Å²) in [4.78, 5) is 42.0. The average molecular weight is 470 g/mol. The highest BCUT2D eigenvalue weighted by Crippen LogP contribution is 2.41. The number of esters is 1. The number of β-lactam (4-membered cyclic amide) rings is 1. The molecule has 0 aromatic heterocycles. The van der Waals surface area contributed by atoms with Crippen molar-refractivity contribution in [2.75, 3.05) is 6.61 Å². The van der Waals surface area contributed by atoms with Crippen LogP contribution in [0.2, 0.25) is 0 Å². The fraction of sp³-hybridized carbons (Fsp3) is 0.348. The SMILES string of the molecule is CC(C)[C@H](C(=O)OCc1ccc([N+](=O)[O-])cc1)N1C(=O)[C@H]2N=C(COc3ccccc3)S[C@H]21. The molecule has 2 heterocycles. The third kappa shape index (κ3) is 4.85. The zero-order chi connectivity index (χ0) is 23.5. The second kappa shape index (κ2) is 9.62. The van der Waals surface area contributed by atoms with Crippen LogP contribution in [0.25, 0.3) is 0 Å². The van der Waals surface area contributed by atoms with Crippen molar-refractivity contribution in [1.29, 1.82) is 0 Å². The summed E-state index contributed by atoms with van der Waals surface area (Å²) >= 11 is 1.43. The number of nitrogens with zero attached hydrogens (tertiary/aromatic N) is 3. The summed E-state index contributed by atoms with van der Waals surface area (Å²) in [6.07, 6.45) is 0. The van der Waals surface area contributed by atoms with Crippen LogP contribution in [0.15, 0.2) is 59.6 Å². The molecule has 0 spiro atoms. The number of carbonyl (C=O) groups is 2. The van der Waals surface area contributed by atoms with Crippen LogP contribution in [0.3, 0.4) is 0 Å². The Kier molecular flexibility index (Phi) is 6.64. The summed E-state index contributed by atoms with van der Waals surface area (Å²) < 4.78 is 11.2. The van der Waals surface area contributed by atoms with E-state index in [0.29, 0.717) is 10.6 Å². The lowest BCUT2D eigenvalue weighted by Crippen LogP contribution is -2.67. The highest BCUT2D eigenvalue weighted by atomic mass is 32.2. The Morgan fingerprint density at radius 2 is 1.85 bits per heavy atom. The zero-order valence-electron chi connectivity index (χ0n) is 18.1. The van der Waals surface area contributed by atoms with Gasteiger partial charge in [0.05, 0.1) is 4.92 Å². The largest absolute Gasteiger partial charge is 0.487 e. The topological polar surface area (TPSA) is 111 Å². The molecule has 2 aromatic rings. The molecule has 3 atom stereocenters. The number of para-hydroxylation sites is 1. The Labute approximate surface area is 194 Å². The van der Waals surface area contributed by atoms with Crippen LogP contribution >= 0.6 is 11.8 Å². The molecule has 4 rings (SSSR count). The maximum atomic E-state index is 12.9. The molecule has 0 saturated carbocycles. The monoisotopic (exact) mass is 469 g/mol. The van der Waals surface area contributed by atoms with E-state index >= 15 is 0 Å². The van der Waals surface area contributed by atoms with E-state index in [1.165, 1.54) is 23.9 Å². The van der Waals surface area contributed by atoms with Crippen molar-refractivity contribution in [3.8, 4) is 5.75 Å². The van der Waals surface area contributed by atoms with E-state index in [2.05, 4.69) is 4.99 Å². The van der Waals surface area contributed by atoms with Gasteiger partial charge in [0, 0.05) is 12.1 Å². The van der Waals surface area contributed by atoms with E-state index < -0.39 is 23.0 Å². The number of ether oxygens (including phenoxy) is 2. The smallest absolute Gasteiger partial charge is 0.329 e. The fourth-order valence-corrected chi connectivity index (χ4v) is 4.96. The van der Waals surface area contributed by atoms with Crippen molar-refractivity contribution in [2.24, 2.45) is 10.9 Å². The second-order valence-corrected chi connectivity index (χ2v) is 9.23. The van der Waals surface area contributed by atoms with Gasteiger partial charge in [0.25, 0.3) is 11.6 Å². The number of nitro benzene ring substituents is 1. The molecule has 2 aliphatic rings. The standard InChI is InChI=1S/C23H23N3O6S/c1-14(2)20(23(28)32-12-15-8-10-16(11-9-15)26(29)30)25-21(27)19-22(25)33-18(24-19)13-31-17-6-4-3-5-7-17/h3-11,14,19-20,22H,12-13H2,1-2H3/t19-,20-,22-/m1/s1. The Bertz CT molecular complexity index is 1070. The van der Waals surface area contributed by atoms with E-state index in [1.54, 1.807) is 17.0 Å². The molecule has 10 heteroatoms. The van der Waals surface area contributed by atoms with E-state index in [4.69, 9.17) is 9.47 Å². The predicted octanol–water partition coefficient (Wildman–Crippen LogP) is 3.42. The quantitative estimate of drug-likeness (QED) is 0.239. The zero-order valence-corrected chi connectivity index (χ0v) is 18.9. The van der Waals surface area contributed by atoms with Gasteiger partial charge in [-0.3, -0.25) is 19.9 Å². The van der Waals surface area contributed by atoms with Crippen LogP contribution in [-0.2, 0) is 20.9 Å². The molecule has 1 fully saturated rings. The molecule has 0 radical (unpaired) electrons. The number of hydrogen-bond acceptors (Lipinski definition) is 8. The number of thioether (sulfide) groups is 1. The third-order valence-corrected chi connectivity index (χ3v) is 6.62. The van der Waals surface area contributed by atoms with Gasteiger partial charge in [-0.2, -0.15) is 0 Å². The Morgan fingerprint density at radius 3 is 2.48 bits per heavy atom. The van der Waals surface area contributed by atoms with Gasteiger partial charge in [-0.15, -0.1) is 0 Å². The van der Waals surface area contributed by atoms with Gasteiger partial charge >= 0.3 is 5.97 Å². The van der Waals surface area contributed by atoms with Crippen LogP contribution in [0, 0.1) is 16.0 Å². The van der Waals surface area contributed by atoms with Crippen LogP contribution in [-0.4, -0.2) is 50.8 Å². The molecule has 9 nitrogen and oxygen atoms in total. The molecule has 2 aliphatic heterocycles. The number of aliphatic imine (C=N–C) groups is 1. The minimum Gasteiger partial charge on any atom is -0.487 e. The minimum atomic E-state index is -0.742. The lowest BCUT2D eigenvalue weighted by molar-refractivity contribution is -0.384. The average Bonchev–Trinajstić information content (AvgIpc) is 3.19. The summed E-state index contributed by atoms with van der Waals surface area (Å²) in [7, 11) is 0. The van der Waals surface area contributed by atoms with Crippen molar-refractivity contribution in [3.05, 3.63) is 70.3 Å². The van der Waals surface area contributed by atoms with Gasteiger partial charge in [-0.25, -0.2) is 4.79 Å². The summed E-state index contributed by atoms with van der Waals surface area (Å²) in [6.45, 7) is 3.95. The van der Waals surface area contributed by atoms with Crippen molar-refractivity contribution in [1.82, 2.24) is 4.90 Å². The second-order valence-electron chi connectivity index (χ2n) is 8.04. The summed E-state index contributed by atoms with van der Waals surface area (Å²) in [5, 5.41) is 11.2. The summed E-state index contributed by atoms with van der Waals surface area (Å²) in [5.74, 6) is -0.152. The van der Waals surface area contributed by atoms with Crippen LogP contribution < -0.4 is 4.74 Å². The first kappa shape index (κ1) is 22.8. The number of amides is 1. The van der Waals surface area contributed by atoms with E-state index in [0.717, 1.165) is 5.75 Å². The minimum absolute atomic E-state index is 0.0318. The molecule has 0 bridgehead atoms. The van der Waals surface area contributed by atoms with Gasteiger partial charge < -0.3 is 14.4 Å². The summed E-state index contributed by atoms with van der Waals surface area (Å²) in [5.41, 5.74) is 0.593. The highest BCUT2D eigenvalue weighted by Gasteiger charge is 2.57. The molecule has 2 aromatic carbocycles. The molecule has 1 saturated heterocycles. The van der Waals surface area contributed by atoms with Gasteiger partial charge in [0.2, 0.25) is 0 Å². The van der Waals surface area contributed by atoms with Crippen molar-refractivity contribution in [3.63, 3.8) is 0 Å². The van der Waals surface area contributed by atoms with Gasteiger partial charge in [0.1, 0.15) is 35.4 Å². The number of likely N-dealkylation sites (tertiary alicyclic amines) is 1. The van der Waals surface area contributed by atoms with Gasteiger partial charge in [0.15, 0.2) is 6.04 Å². The molecular weight excluding hydrogens is 446 g/mol. The number of carbonyl (C=O) groups excluding carboxylic acids is 2. The first-order valence-electron chi connectivity index (χ1n) is 10.5. The maximum absolute atomic E-state index is 12.9. The maximum Gasteiger partial charge on any atom is 0.329 e. The molecule has 172 valence electrons. The van der Waals surface area contributed by atoms with Crippen LogP contribution in [0.5, 0.6) is 5.75 Å². The third-order valence-electron chi connectivity index (χ3n) is 5.40. The van der Waals surface area contributed by atoms with Crippen LogP contribution in [0.1, 0.15) is 19.4 Å². The molecule has 0 N–H and O–H groups in total. The lowest BCUT2D eigenvalue weighted by atomic mass is 9.96. The molecule has 0 unspecified atom stereocenters. The van der Waals surface area contributed by atoms with E-state index in [-0.39, 0.29) is 36.1 Å². The highest BCUT2D eigenvalue weighted by molar-refractivity contribution is 8.15. The number of nitro groups is 1. The van der Waals surface area contributed by atoms with E-state index in [9.17, 15) is 19.7 Å². The first-order chi connectivity index (χ1) is 15.8. The lowest BCUT2D eigenvalue weighted by Gasteiger charge is -2.46.